The smallest absolute Gasteiger partial charge is 0.0727 e. The Kier molecular flexibility index (Phi) is 2.50. The van der Waals surface area contributed by atoms with Gasteiger partial charge in [0.25, 0.3) is 0 Å². The summed E-state index contributed by atoms with van der Waals surface area (Å²) in [7, 11) is 1.96. The van der Waals surface area contributed by atoms with Gasteiger partial charge in [-0.1, -0.05) is 18.2 Å². The zero-order valence-corrected chi connectivity index (χ0v) is 8.62. The molecule has 0 aliphatic carbocycles. The zero-order chi connectivity index (χ0) is 9.97. The fourth-order valence-electron chi connectivity index (χ4n) is 1.79. The lowest BCUT2D eigenvalue weighted by atomic mass is 10.1. The first-order chi connectivity index (χ1) is 6.86. The number of para-hydroxylation sites is 1. The summed E-state index contributed by atoms with van der Waals surface area (Å²) in [6.45, 7) is 3.93. The second-order valence-electron chi connectivity index (χ2n) is 3.35. The molecular formula is C11H15N3. The summed E-state index contributed by atoms with van der Waals surface area (Å²) in [5.41, 5.74) is 2.56. The molecule has 1 aromatic carbocycles. The number of nitrogens with zero attached hydrogens (tertiary/aromatic N) is 2. The number of fused-ring (bicyclic) bond motifs is 1. The Hall–Kier alpha value is -1.35. The monoisotopic (exact) mass is 189 g/mol. The van der Waals surface area contributed by atoms with E-state index < -0.39 is 0 Å². The highest BCUT2D eigenvalue weighted by Crippen LogP contribution is 2.18. The van der Waals surface area contributed by atoms with E-state index in [1.165, 1.54) is 16.5 Å². The molecule has 0 saturated heterocycles. The number of aromatic nitrogens is 2. The van der Waals surface area contributed by atoms with Gasteiger partial charge in [0.2, 0.25) is 0 Å². The fraction of sp³-hybridized carbons (Fsp3) is 0.364. The van der Waals surface area contributed by atoms with Crippen molar-refractivity contribution in [2.24, 2.45) is 0 Å². The van der Waals surface area contributed by atoms with E-state index >= 15 is 0 Å². The maximum absolute atomic E-state index is 4.35. The lowest BCUT2D eigenvalue weighted by molar-refractivity contribution is 0.678. The molecule has 1 N–H and O–H groups in total. The van der Waals surface area contributed by atoms with Crippen LogP contribution >= 0.6 is 0 Å². The van der Waals surface area contributed by atoms with Gasteiger partial charge in [-0.2, -0.15) is 5.10 Å². The van der Waals surface area contributed by atoms with E-state index in [9.17, 15) is 0 Å². The van der Waals surface area contributed by atoms with E-state index in [1.807, 2.05) is 17.9 Å². The number of benzene rings is 1. The van der Waals surface area contributed by atoms with Crippen molar-refractivity contribution in [3.63, 3.8) is 0 Å². The van der Waals surface area contributed by atoms with Crippen LogP contribution in [0.5, 0.6) is 0 Å². The molecule has 3 nitrogen and oxygen atoms in total. The third-order valence-corrected chi connectivity index (χ3v) is 2.41. The Balaban J connectivity index is 2.62. The van der Waals surface area contributed by atoms with Crippen LogP contribution in [-0.2, 0) is 13.1 Å². The van der Waals surface area contributed by atoms with Crippen molar-refractivity contribution in [2.75, 3.05) is 7.05 Å². The predicted octanol–water partition coefficient (Wildman–Crippen LogP) is 1.78. The Morgan fingerprint density at radius 3 is 3.00 bits per heavy atom. The zero-order valence-electron chi connectivity index (χ0n) is 8.62. The summed E-state index contributed by atoms with van der Waals surface area (Å²) in [4.78, 5) is 0. The molecule has 0 atom stereocenters. The van der Waals surface area contributed by atoms with Crippen LogP contribution in [0, 0.1) is 0 Å². The van der Waals surface area contributed by atoms with Crippen LogP contribution in [-0.4, -0.2) is 16.8 Å². The summed E-state index contributed by atoms with van der Waals surface area (Å²) < 4.78 is 2.04. The second-order valence-corrected chi connectivity index (χ2v) is 3.35. The van der Waals surface area contributed by atoms with Gasteiger partial charge >= 0.3 is 0 Å². The molecule has 0 fully saturated rings. The Morgan fingerprint density at radius 2 is 2.29 bits per heavy atom. The molecule has 0 radical (unpaired) electrons. The van der Waals surface area contributed by atoms with E-state index in [4.69, 9.17) is 0 Å². The van der Waals surface area contributed by atoms with Crippen molar-refractivity contribution in [2.45, 2.75) is 20.0 Å². The lowest BCUT2D eigenvalue weighted by Crippen LogP contribution is -2.07. The molecule has 2 aromatic rings. The molecule has 0 saturated carbocycles. The minimum Gasteiger partial charge on any atom is -0.316 e. The molecule has 2 rings (SSSR count). The summed E-state index contributed by atoms with van der Waals surface area (Å²) >= 11 is 0. The highest BCUT2D eigenvalue weighted by molar-refractivity contribution is 5.81. The van der Waals surface area contributed by atoms with E-state index in [-0.39, 0.29) is 0 Å². The van der Waals surface area contributed by atoms with Gasteiger partial charge in [-0.05, 0) is 19.5 Å². The minimum absolute atomic E-state index is 0.892. The average molecular weight is 189 g/mol. The van der Waals surface area contributed by atoms with E-state index in [1.54, 1.807) is 0 Å². The van der Waals surface area contributed by atoms with Gasteiger partial charge in [-0.3, -0.25) is 4.68 Å². The molecule has 0 bridgehead atoms. The second kappa shape index (κ2) is 3.80. The molecule has 14 heavy (non-hydrogen) atoms. The topological polar surface area (TPSA) is 29.9 Å². The highest BCUT2D eigenvalue weighted by Gasteiger charge is 2.05. The Morgan fingerprint density at radius 1 is 1.43 bits per heavy atom. The number of nitrogens with one attached hydrogen (secondary N) is 1. The first-order valence-electron chi connectivity index (χ1n) is 4.94. The Labute approximate surface area is 83.7 Å². The molecule has 0 aliphatic heterocycles. The van der Waals surface area contributed by atoms with E-state index in [0.717, 1.165) is 13.1 Å². The van der Waals surface area contributed by atoms with Gasteiger partial charge in [0.1, 0.15) is 0 Å². The number of aryl methyl sites for hydroxylation is 1. The normalized spacial score (nSPS) is 11.0. The highest BCUT2D eigenvalue weighted by atomic mass is 15.3. The molecule has 3 heteroatoms. The van der Waals surface area contributed by atoms with Crippen molar-refractivity contribution in [1.82, 2.24) is 15.1 Å². The maximum atomic E-state index is 4.35. The van der Waals surface area contributed by atoms with E-state index in [0.29, 0.717) is 0 Å². The predicted molar refractivity (Wildman–Crippen MR) is 58.2 cm³/mol. The van der Waals surface area contributed by atoms with Gasteiger partial charge in [0.05, 0.1) is 11.7 Å². The molecule has 74 valence electrons. The van der Waals surface area contributed by atoms with Gasteiger partial charge in [0.15, 0.2) is 0 Å². The van der Waals surface area contributed by atoms with Gasteiger partial charge < -0.3 is 5.32 Å². The van der Waals surface area contributed by atoms with Crippen molar-refractivity contribution in [3.8, 4) is 0 Å². The summed E-state index contributed by atoms with van der Waals surface area (Å²) in [5, 5.41) is 8.74. The minimum atomic E-state index is 0.892. The summed E-state index contributed by atoms with van der Waals surface area (Å²) in [5.74, 6) is 0. The number of rotatable bonds is 3. The van der Waals surface area contributed by atoms with Crippen LogP contribution in [0.4, 0.5) is 0 Å². The Bertz CT molecular complexity index is 431. The van der Waals surface area contributed by atoms with E-state index in [2.05, 4.69) is 35.5 Å². The van der Waals surface area contributed by atoms with Gasteiger partial charge in [-0.15, -0.1) is 0 Å². The third kappa shape index (κ3) is 1.40. The molecule has 1 heterocycles. The average Bonchev–Trinajstić information content (AvgIpc) is 2.62. The van der Waals surface area contributed by atoms with Crippen LogP contribution < -0.4 is 5.32 Å². The maximum Gasteiger partial charge on any atom is 0.0727 e. The van der Waals surface area contributed by atoms with Gasteiger partial charge in [-0.25, -0.2) is 0 Å². The van der Waals surface area contributed by atoms with Crippen molar-refractivity contribution in [1.29, 1.82) is 0 Å². The summed E-state index contributed by atoms with van der Waals surface area (Å²) in [6, 6.07) is 6.33. The van der Waals surface area contributed by atoms with Crippen LogP contribution in [0.3, 0.4) is 0 Å². The van der Waals surface area contributed by atoms with Crippen LogP contribution in [0.15, 0.2) is 24.4 Å². The quantitative estimate of drug-likeness (QED) is 0.797. The number of hydrogen-bond donors (Lipinski definition) is 1. The summed E-state index contributed by atoms with van der Waals surface area (Å²) in [6.07, 6.45) is 1.93. The molecule has 1 aromatic heterocycles. The fourth-order valence-corrected chi connectivity index (χ4v) is 1.79. The lowest BCUT2D eigenvalue weighted by Gasteiger charge is -2.05. The van der Waals surface area contributed by atoms with Crippen molar-refractivity contribution >= 4 is 10.9 Å². The van der Waals surface area contributed by atoms with Gasteiger partial charge in [0, 0.05) is 18.5 Å². The molecule has 0 spiro atoms. The van der Waals surface area contributed by atoms with Crippen molar-refractivity contribution < 1.29 is 0 Å². The van der Waals surface area contributed by atoms with Crippen molar-refractivity contribution in [3.05, 3.63) is 30.0 Å². The van der Waals surface area contributed by atoms with Crippen LogP contribution in [0.2, 0.25) is 0 Å². The number of hydrogen-bond acceptors (Lipinski definition) is 2. The SMILES string of the molecule is CCn1ncc2cccc(CNC)c21. The first-order valence-corrected chi connectivity index (χ1v) is 4.94. The van der Waals surface area contributed by atoms with Crippen LogP contribution in [0.1, 0.15) is 12.5 Å². The molecule has 0 aliphatic rings. The standard InChI is InChI=1S/C11H15N3/c1-3-14-11-9(7-12-2)5-4-6-10(11)8-13-14/h4-6,8,12H,3,7H2,1-2H3. The largest absolute Gasteiger partial charge is 0.316 e. The third-order valence-electron chi connectivity index (χ3n) is 2.41. The first kappa shape index (κ1) is 9.21. The van der Waals surface area contributed by atoms with Crippen LogP contribution in [0.25, 0.3) is 10.9 Å². The molecule has 0 amide bonds. The molecular weight excluding hydrogens is 174 g/mol. The molecule has 0 unspecified atom stereocenters.